The number of rotatable bonds is 5. The predicted octanol–water partition coefficient (Wildman–Crippen LogP) is 2.01. The summed E-state index contributed by atoms with van der Waals surface area (Å²) in [5.41, 5.74) is 0.212. The van der Waals surface area contributed by atoms with E-state index in [-0.39, 0.29) is 25.0 Å². The molecule has 3 rings (SSSR count). The molecule has 1 aliphatic heterocycles. The van der Waals surface area contributed by atoms with Crippen molar-refractivity contribution in [3.63, 3.8) is 0 Å². The molecule has 0 unspecified atom stereocenters. The van der Waals surface area contributed by atoms with Gasteiger partial charge in [0, 0.05) is 0 Å². The molecule has 0 aliphatic carbocycles. The van der Waals surface area contributed by atoms with Crippen LogP contribution < -0.4 is 0 Å². The number of carbonyl (C=O) groups is 2. The lowest BCUT2D eigenvalue weighted by Crippen LogP contribution is -2.58. The fourth-order valence-corrected chi connectivity index (χ4v) is 2.51. The Morgan fingerprint density at radius 3 is 2.57 bits per heavy atom. The van der Waals surface area contributed by atoms with E-state index in [2.05, 4.69) is 4.98 Å². The zero-order valence-corrected chi connectivity index (χ0v) is 13.1. The first kappa shape index (κ1) is 15.4. The van der Waals surface area contributed by atoms with Gasteiger partial charge in [0.1, 0.15) is 5.69 Å². The Hall–Kier alpha value is -2.47. The summed E-state index contributed by atoms with van der Waals surface area (Å²) in [7, 11) is 0. The fourth-order valence-electron chi connectivity index (χ4n) is 2.51. The second-order valence-corrected chi connectivity index (χ2v) is 5.71. The summed E-state index contributed by atoms with van der Waals surface area (Å²) >= 11 is 0. The van der Waals surface area contributed by atoms with E-state index in [1.54, 1.807) is 10.9 Å². The molecule has 0 spiro atoms. The van der Waals surface area contributed by atoms with Crippen LogP contribution in [0.15, 0.2) is 42.9 Å². The Morgan fingerprint density at radius 2 is 2.00 bits per heavy atom. The van der Waals surface area contributed by atoms with Gasteiger partial charge in [-0.2, -0.15) is 0 Å². The summed E-state index contributed by atoms with van der Waals surface area (Å²) in [5, 5.41) is 0. The van der Waals surface area contributed by atoms with Crippen molar-refractivity contribution in [2.24, 2.45) is 0 Å². The largest absolute Gasteiger partial charge is 0.441 e. The summed E-state index contributed by atoms with van der Waals surface area (Å²) < 4.78 is 12.2. The number of imidazole rings is 1. The van der Waals surface area contributed by atoms with Crippen molar-refractivity contribution >= 4 is 11.8 Å². The number of aromatic nitrogens is 2. The number of carbonyl (C=O) groups excluding carboxylic acids is 2. The van der Waals surface area contributed by atoms with Crippen LogP contribution in [0.4, 0.5) is 0 Å². The first-order chi connectivity index (χ1) is 11.0. The van der Waals surface area contributed by atoms with Crippen LogP contribution in [0.25, 0.3) is 0 Å². The minimum atomic E-state index is -1.15. The van der Waals surface area contributed by atoms with Crippen LogP contribution in [-0.2, 0) is 14.3 Å². The number of esters is 1. The van der Waals surface area contributed by atoms with E-state index in [0.29, 0.717) is 5.69 Å². The van der Waals surface area contributed by atoms with Crippen molar-refractivity contribution < 1.29 is 19.1 Å². The Kier molecular flexibility index (Phi) is 4.00. The lowest BCUT2D eigenvalue weighted by Gasteiger charge is -2.38. The standard InChI is InChI=1S/C17H18N2O4/c1-12(14-6-4-3-5-7-14)19-11-18-8-15(19)16(21)23-17(13(2)20)9-22-10-17/h3-8,11-12H,9-10H2,1-2H3/t12-/m1/s1. The van der Waals surface area contributed by atoms with Gasteiger partial charge in [0.15, 0.2) is 5.78 Å². The van der Waals surface area contributed by atoms with Gasteiger partial charge in [0.2, 0.25) is 5.60 Å². The number of hydrogen-bond donors (Lipinski definition) is 0. The number of Topliss-reactive ketones (excluding diaryl/α,β-unsaturated/α-hetero) is 1. The number of ketones is 1. The molecule has 120 valence electrons. The Morgan fingerprint density at radius 1 is 1.30 bits per heavy atom. The first-order valence-electron chi connectivity index (χ1n) is 7.42. The summed E-state index contributed by atoms with van der Waals surface area (Å²) in [6.45, 7) is 3.59. The van der Waals surface area contributed by atoms with Crippen molar-refractivity contribution in [3.8, 4) is 0 Å². The van der Waals surface area contributed by atoms with Gasteiger partial charge >= 0.3 is 5.97 Å². The van der Waals surface area contributed by atoms with Gasteiger partial charge in [0.25, 0.3) is 0 Å². The molecule has 23 heavy (non-hydrogen) atoms. The van der Waals surface area contributed by atoms with E-state index in [9.17, 15) is 9.59 Å². The summed E-state index contributed by atoms with van der Waals surface area (Å²) in [4.78, 5) is 28.3. The summed E-state index contributed by atoms with van der Waals surface area (Å²) in [5.74, 6) is -0.775. The highest BCUT2D eigenvalue weighted by Gasteiger charge is 2.48. The van der Waals surface area contributed by atoms with Crippen LogP contribution in [-0.4, -0.2) is 40.1 Å². The Balaban J connectivity index is 1.83. The normalized spacial score (nSPS) is 17.1. The molecule has 1 aromatic heterocycles. The zero-order valence-electron chi connectivity index (χ0n) is 13.1. The van der Waals surface area contributed by atoms with Gasteiger partial charge in [-0.25, -0.2) is 9.78 Å². The topological polar surface area (TPSA) is 70.4 Å². The number of nitrogens with zero attached hydrogens (tertiary/aromatic N) is 2. The Labute approximate surface area is 134 Å². The SMILES string of the molecule is CC(=O)C1(OC(=O)c2cncn2[C@H](C)c2ccccc2)COC1. The van der Waals surface area contributed by atoms with Crippen LogP contribution in [0.3, 0.4) is 0 Å². The van der Waals surface area contributed by atoms with E-state index < -0.39 is 11.6 Å². The van der Waals surface area contributed by atoms with Gasteiger partial charge in [0.05, 0.1) is 31.8 Å². The number of ether oxygens (including phenoxy) is 2. The molecule has 1 fully saturated rings. The molecule has 0 saturated carbocycles. The maximum absolute atomic E-state index is 12.5. The third kappa shape index (κ3) is 2.77. The van der Waals surface area contributed by atoms with Gasteiger partial charge in [-0.05, 0) is 19.4 Å². The second-order valence-electron chi connectivity index (χ2n) is 5.71. The third-order valence-corrected chi connectivity index (χ3v) is 4.17. The quantitative estimate of drug-likeness (QED) is 0.790. The highest BCUT2D eigenvalue weighted by molar-refractivity contribution is 5.93. The molecule has 1 saturated heterocycles. The summed E-state index contributed by atoms with van der Waals surface area (Å²) in [6, 6.07) is 9.71. The molecule has 2 aromatic rings. The van der Waals surface area contributed by atoms with E-state index in [0.717, 1.165) is 5.56 Å². The Bertz CT molecular complexity index is 719. The molecule has 1 aromatic carbocycles. The minimum absolute atomic E-state index is 0.0767. The third-order valence-electron chi connectivity index (χ3n) is 4.17. The summed E-state index contributed by atoms with van der Waals surface area (Å²) in [6.07, 6.45) is 3.04. The number of hydrogen-bond acceptors (Lipinski definition) is 5. The van der Waals surface area contributed by atoms with Gasteiger partial charge in [-0.15, -0.1) is 0 Å². The first-order valence-corrected chi connectivity index (χ1v) is 7.42. The highest BCUT2D eigenvalue weighted by Crippen LogP contribution is 2.26. The molecule has 2 heterocycles. The average Bonchev–Trinajstić information content (AvgIpc) is 3.00. The zero-order chi connectivity index (χ0) is 16.4. The molecule has 1 aliphatic rings. The smallest absolute Gasteiger partial charge is 0.357 e. The van der Waals surface area contributed by atoms with Gasteiger partial charge in [-0.1, -0.05) is 30.3 Å². The molecule has 0 N–H and O–H groups in total. The highest BCUT2D eigenvalue weighted by atomic mass is 16.6. The molecule has 0 amide bonds. The fraction of sp³-hybridized carbons (Fsp3) is 0.353. The molecule has 6 nitrogen and oxygen atoms in total. The molecule has 6 heteroatoms. The van der Waals surface area contributed by atoms with Crippen molar-refractivity contribution in [2.75, 3.05) is 13.2 Å². The van der Waals surface area contributed by atoms with Crippen LogP contribution in [0.5, 0.6) is 0 Å². The van der Waals surface area contributed by atoms with E-state index in [1.165, 1.54) is 13.1 Å². The van der Waals surface area contributed by atoms with Crippen LogP contribution in [0.2, 0.25) is 0 Å². The predicted molar refractivity (Wildman–Crippen MR) is 82.1 cm³/mol. The maximum atomic E-state index is 12.5. The molecule has 1 atom stereocenters. The maximum Gasteiger partial charge on any atom is 0.357 e. The lowest BCUT2D eigenvalue weighted by atomic mass is 9.97. The van der Waals surface area contributed by atoms with Gasteiger partial charge in [-0.3, -0.25) is 4.79 Å². The average molecular weight is 314 g/mol. The van der Waals surface area contributed by atoms with E-state index >= 15 is 0 Å². The van der Waals surface area contributed by atoms with E-state index in [1.807, 2.05) is 37.3 Å². The second kappa shape index (κ2) is 5.96. The van der Waals surface area contributed by atoms with Crippen LogP contribution >= 0.6 is 0 Å². The lowest BCUT2D eigenvalue weighted by molar-refractivity contribution is -0.188. The molecular formula is C17H18N2O4. The van der Waals surface area contributed by atoms with Gasteiger partial charge < -0.3 is 14.0 Å². The number of benzene rings is 1. The molecular weight excluding hydrogens is 296 g/mol. The van der Waals surface area contributed by atoms with Crippen molar-refractivity contribution in [1.29, 1.82) is 0 Å². The molecule has 0 bridgehead atoms. The van der Waals surface area contributed by atoms with Crippen molar-refractivity contribution in [2.45, 2.75) is 25.5 Å². The molecule has 0 radical (unpaired) electrons. The van der Waals surface area contributed by atoms with Crippen molar-refractivity contribution in [1.82, 2.24) is 9.55 Å². The van der Waals surface area contributed by atoms with Crippen molar-refractivity contribution in [3.05, 3.63) is 54.1 Å². The van der Waals surface area contributed by atoms with Crippen LogP contribution in [0.1, 0.15) is 35.9 Å². The van der Waals surface area contributed by atoms with E-state index in [4.69, 9.17) is 9.47 Å². The minimum Gasteiger partial charge on any atom is -0.441 e. The monoisotopic (exact) mass is 314 g/mol. The van der Waals surface area contributed by atoms with Crippen LogP contribution in [0, 0.1) is 0 Å².